The number of anilines is 2. The molecule has 0 saturated carbocycles. The van der Waals surface area contributed by atoms with Gasteiger partial charge in [0.25, 0.3) is 0 Å². The molecule has 2 aliphatic heterocycles. The maximum Gasteiger partial charge on any atom is 0.0992 e. The third-order valence-electron chi connectivity index (χ3n) is 3.80. The van der Waals surface area contributed by atoms with Crippen molar-refractivity contribution in [2.75, 3.05) is 42.9 Å². The molecule has 0 amide bonds. The fourth-order valence-corrected chi connectivity index (χ4v) is 2.84. The second kappa shape index (κ2) is 4.87. The Hall–Kier alpha value is -1.73. The van der Waals surface area contributed by atoms with E-state index in [2.05, 4.69) is 27.7 Å². The Kier molecular flexibility index (Phi) is 3.07. The summed E-state index contributed by atoms with van der Waals surface area (Å²) in [7, 11) is 0. The fraction of sp³-hybridized carbons (Fsp3) is 0.500. The van der Waals surface area contributed by atoms with Crippen LogP contribution in [0.25, 0.3) is 0 Å². The summed E-state index contributed by atoms with van der Waals surface area (Å²) >= 11 is 0. The summed E-state index contributed by atoms with van der Waals surface area (Å²) < 4.78 is 0. The zero-order valence-corrected chi connectivity index (χ0v) is 10.4. The van der Waals surface area contributed by atoms with Gasteiger partial charge in [-0.25, -0.2) is 0 Å². The molecule has 94 valence electrons. The Balaban J connectivity index is 1.80. The molecule has 0 aromatic heterocycles. The molecule has 1 atom stereocenters. The van der Waals surface area contributed by atoms with Crippen LogP contribution in [0.15, 0.2) is 18.2 Å². The zero-order valence-electron chi connectivity index (χ0n) is 10.4. The van der Waals surface area contributed by atoms with Crippen LogP contribution in [0, 0.1) is 17.2 Å². The first-order chi connectivity index (χ1) is 8.86. The van der Waals surface area contributed by atoms with Crippen molar-refractivity contribution in [1.29, 1.82) is 5.26 Å². The largest absolute Gasteiger partial charge is 0.382 e. The molecule has 2 N–H and O–H groups in total. The van der Waals surface area contributed by atoms with Crippen LogP contribution in [0.3, 0.4) is 0 Å². The highest BCUT2D eigenvalue weighted by molar-refractivity contribution is 5.73. The third kappa shape index (κ3) is 2.14. The van der Waals surface area contributed by atoms with Gasteiger partial charge in [0, 0.05) is 19.6 Å². The van der Waals surface area contributed by atoms with Gasteiger partial charge in [0.05, 0.1) is 23.0 Å². The lowest BCUT2D eigenvalue weighted by molar-refractivity contribution is 0.559. The van der Waals surface area contributed by atoms with Gasteiger partial charge in [0.15, 0.2) is 0 Å². The number of benzene rings is 1. The van der Waals surface area contributed by atoms with Crippen LogP contribution in [0.1, 0.15) is 12.0 Å². The van der Waals surface area contributed by atoms with E-state index in [0.29, 0.717) is 0 Å². The molecule has 4 nitrogen and oxygen atoms in total. The molecule has 2 heterocycles. The van der Waals surface area contributed by atoms with E-state index in [1.54, 1.807) is 0 Å². The standard InChI is InChI=1S/C14H18N4/c15-8-11-1-2-14-13(7-11)17-5-6-18(14)10-12-3-4-16-9-12/h1-2,7,12,16-17H,3-6,9-10H2. The Morgan fingerprint density at radius 2 is 2.33 bits per heavy atom. The predicted octanol–water partition coefficient (Wildman–Crippen LogP) is 1.40. The van der Waals surface area contributed by atoms with Gasteiger partial charge in [-0.15, -0.1) is 0 Å². The van der Waals surface area contributed by atoms with E-state index in [4.69, 9.17) is 5.26 Å². The van der Waals surface area contributed by atoms with Crippen LogP contribution in [0.5, 0.6) is 0 Å². The molecule has 1 aromatic carbocycles. The molecule has 1 aromatic rings. The van der Waals surface area contributed by atoms with E-state index in [9.17, 15) is 0 Å². The number of rotatable bonds is 2. The van der Waals surface area contributed by atoms with Crippen molar-refractivity contribution in [2.24, 2.45) is 5.92 Å². The summed E-state index contributed by atoms with van der Waals surface area (Å²) in [6, 6.07) is 8.13. The first-order valence-electron chi connectivity index (χ1n) is 6.60. The first-order valence-corrected chi connectivity index (χ1v) is 6.60. The van der Waals surface area contributed by atoms with E-state index in [0.717, 1.165) is 49.9 Å². The number of nitriles is 1. The van der Waals surface area contributed by atoms with E-state index in [1.807, 2.05) is 12.1 Å². The molecule has 0 aliphatic carbocycles. The number of fused-ring (bicyclic) bond motifs is 1. The van der Waals surface area contributed by atoms with Crippen LogP contribution in [-0.4, -0.2) is 32.7 Å². The van der Waals surface area contributed by atoms with Gasteiger partial charge in [-0.2, -0.15) is 5.26 Å². The highest BCUT2D eigenvalue weighted by atomic mass is 15.2. The van der Waals surface area contributed by atoms with Crippen LogP contribution in [0.4, 0.5) is 11.4 Å². The highest BCUT2D eigenvalue weighted by Gasteiger charge is 2.22. The smallest absolute Gasteiger partial charge is 0.0992 e. The second-order valence-corrected chi connectivity index (χ2v) is 5.08. The predicted molar refractivity (Wildman–Crippen MR) is 72.8 cm³/mol. The van der Waals surface area contributed by atoms with E-state index < -0.39 is 0 Å². The van der Waals surface area contributed by atoms with Crippen LogP contribution in [0.2, 0.25) is 0 Å². The molecule has 1 unspecified atom stereocenters. The SMILES string of the molecule is N#Cc1ccc2c(c1)NCCN2CC1CCNC1. The molecule has 1 fully saturated rings. The van der Waals surface area contributed by atoms with Crippen molar-refractivity contribution in [1.82, 2.24) is 5.32 Å². The molecule has 0 bridgehead atoms. The maximum atomic E-state index is 8.94. The quantitative estimate of drug-likeness (QED) is 0.823. The van der Waals surface area contributed by atoms with Crippen molar-refractivity contribution in [3.63, 3.8) is 0 Å². The van der Waals surface area contributed by atoms with E-state index in [-0.39, 0.29) is 0 Å². The van der Waals surface area contributed by atoms with E-state index in [1.165, 1.54) is 12.1 Å². The minimum absolute atomic E-state index is 0.727. The highest BCUT2D eigenvalue weighted by Crippen LogP contribution is 2.30. The Morgan fingerprint density at radius 3 is 3.11 bits per heavy atom. The van der Waals surface area contributed by atoms with Gasteiger partial charge in [-0.1, -0.05) is 0 Å². The molecule has 0 spiro atoms. The topological polar surface area (TPSA) is 51.1 Å². The average molecular weight is 242 g/mol. The van der Waals surface area contributed by atoms with Gasteiger partial charge in [0.2, 0.25) is 0 Å². The minimum atomic E-state index is 0.727. The number of nitrogens with zero attached hydrogens (tertiary/aromatic N) is 2. The summed E-state index contributed by atoms with van der Waals surface area (Å²) in [6.07, 6.45) is 1.27. The second-order valence-electron chi connectivity index (χ2n) is 5.08. The zero-order chi connectivity index (χ0) is 12.4. The van der Waals surface area contributed by atoms with Gasteiger partial charge < -0.3 is 15.5 Å². The summed E-state index contributed by atoms with van der Waals surface area (Å²) in [4.78, 5) is 2.45. The van der Waals surface area contributed by atoms with E-state index >= 15 is 0 Å². The monoisotopic (exact) mass is 242 g/mol. The van der Waals surface area contributed by atoms with Crippen molar-refractivity contribution in [3.8, 4) is 6.07 Å². The van der Waals surface area contributed by atoms with Gasteiger partial charge >= 0.3 is 0 Å². The van der Waals surface area contributed by atoms with Crippen molar-refractivity contribution >= 4 is 11.4 Å². The lowest BCUT2D eigenvalue weighted by Gasteiger charge is -2.33. The molecular formula is C14H18N4. The molecule has 3 rings (SSSR count). The van der Waals surface area contributed by atoms with Crippen molar-refractivity contribution in [3.05, 3.63) is 23.8 Å². The normalized spacial score (nSPS) is 22.2. The lowest BCUT2D eigenvalue weighted by Crippen LogP contribution is -2.38. The molecule has 18 heavy (non-hydrogen) atoms. The first kappa shape index (κ1) is 11.4. The maximum absolute atomic E-state index is 8.94. The minimum Gasteiger partial charge on any atom is -0.382 e. The molecule has 2 aliphatic rings. The fourth-order valence-electron chi connectivity index (χ4n) is 2.84. The Morgan fingerprint density at radius 1 is 1.39 bits per heavy atom. The molecule has 1 saturated heterocycles. The van der Waals surface area contributed by atoms with Gasteiger partial charge in [0.1, 0.15) is 0 Å². The summed E-state index contributed by atoms with van der Waals surface area (Å²) in [6.45, 7) is 5.41. The van der Waals surface area contributed by atoms with Crippen molar-refractivity contribution < 1.29 is 0 Å². The molecular weight excluding hydrogens is 224 g/mol. The number of hydrogen-bond donors (Lipinski definition) is 2. The Bertz CT molecular complexity index is 471. The van der Waals surface area contributed by atoms with Gasteiger partial charge in [-0.05, 0) is 43.6 Å². The average Bonchev–Trinajstić information content (AvgIpc) is 2.91. The summed E-state index contributed by atoms with van der Waals surface area (Å²) in [5.74, 6) is 0.756. The van der Waals surface area contributed by atoms with Crippen LogP contribution in [-0.2, 0) is 0 Å². The molecule has 4 heteroatoms. The number of nitrogens with one attached hydrogen (secondary N) is 2. The number of hydrogen-bond acceptors (Lipinski definition) is 4. The van der Waals surface area contributed by atoms with Crippen LogP contribution < -0.4 is 15.5 Å². The molecule has 0 radical (unpaired) electrons. The summed E-state index contributed by atoms with van der Waals surface area (Å²) in [5, 5.41) is 15.7. The Labute approximate surface area is 108 Å². The summed E-state index contributed by atoms with van der Waals surface area (Å²) in [5.41, 5.74) is 3.07. The third-order valence-corrected chi connectivity index (χ3v) is 3.80. The lowest BCUT2D eigenvalue weighted by atomic mass is 10.1. The van der Waals surface area contributed by atoms with Gasteiger partial charge in [-0.3, -0.25) is 0 Å². The van der Waals surface area contributed by atoms with Crippen molar-refractivity contribution in [2.45, 2.75) is 6.42 Å². The van der Waals surface area contributed by atoms with Crippen LogP contribution >= 0.6 is 0 Å².